The van der Waals surface area contributed by atoms with Crippen molar-refractivity contribution in [3.8, 4) is 5.75 Å². The second-order valence-electron chi connectivity index (χ2n) is 5.59. The Morgan fingerprint density at radius 1 is 0.952 bits per heavy atom. The maximum Gasteiger partial charge on any atom is 0.177 e. The minimum absolute atomic E-state index is 0.216. The first kappa shape index (κ1) is 13.9. The SMILES string of the molecule is O=C1Cc2ccccc2OC1CCCCc1ccccc1. The van der Waals surface area contributed by atoms with Crippen LogP contribution in [0.5, 0.6) is 5.75 Å². The number of ether oxygens (including phenoxy) is 1. The van der Waals surface area contributed by atoms with E-state index in [1.807, 2.05) is 30.3 Å². The average Bonchev–Trinajstić information content (AvgIpc) is 2.53. The fraction of sp³-hybridized carbons (Fsp3) is 0.316. The monoisotopic (exact) mass is 280 g/mol. The number of benzene rings is 2. The molecule has 0 amide bonds. The van der Waals surface area contributed by atoms with Crippen molar-refractivity contribution in [1.29, 1.82) is 0 Å². The van der Waals surface area contributed by atoms with Gasteiger partial charge >= 0.3 is 0 Å². The zero-order valence-electron chi connectivity index (χ0n) is 12.1. The summed E-state index contributed by atoms with van der Waals surface area (Å²) in [7, 11) is 0. The van der Waals surface area contributed by atoms with Crippen molar-refractivity contribution in [2.24, 2.45) is 0 Å². The van der Waals surface area contributed by atoms with Gasteiger partial charge < -0.3 is 4.74 Å². The normalized spacial score (nSPS) is 17.1. The third-order valence-corrected chi connectivity index (χ3v) is 3.99. The Kier molecular flexibility index (Phi) is 4.34. The minimum Gasteiger partial charge on any atom is -0.482 e. The van der Waals surface area contributed by atoms with E-state index in [0.717, 1.165) is 37.0 Å². The van der Waals surface area contributed by atoms with Crippen molar-refractivity contribution in [3.05, 3.63) is 65.7 Å². The van der Waals surface area contributed by atoms with Crippen LogP contribution in [-0.2, 0) is 17.6 Å². The number of para-hydroxylation sites is 1. The lowest BCUT2D eigenvalue weighted by Gasteiger charge is -2.24. The van der Waals surface area contributed by atoms with Gasteiger partial charge in [0.15, 0.2) is 11.9 Å². The van der Waals surface area contributed by atoms with Crippen LogP contribution in [-0.4, -0.2) is 11.9 Å². The van der Waals surface area contributed by atoms with Gasteiger partial charge in [0, 0.05) is 12.0 Å². The lowest BCUT2D eigenvalue weighted by molar-refractivity contribution is -0.126. The van der Waals surface area contributed by atoms with Crippen molar-refractivity contribution in [3.63, 3.8) is 0 Å². The van der Waals surface area contributed by atoms with Gasteiger partial charge in [0.1, 0.15) is 5.75 Å². The largest absolute Gasteiger partial charge is 0.482 e. The average molecular weight is 280 g/mol. The van der Waals surface area contributed by atoms with E-state index in [2.05, 4.69) is 24.3 Å². The molecule has 3 rings (SSSR count). The summed E-state index contributed by atoms with van der Waals surface area (Å²) in [6.45, 7) is 0. The standard InChI is InChI=1S/C19H20O2/c20-17-14-16-11-5-7-12-18(16)21-19(17)13-6-4-10-15-8-2-1-3-9-15/h1-3,5,7-9,11-12,19H,4,6,10,13-14H2. The molecule has 0 spiro atoms. The van der Waals surface area contributed by atoms with E-state index in [1.165, 1.54) is 5.56 Å². The minimum atomic E-state index is -0.254. The third kappa shape index (κ3) is 3.52. The summed E-state index contributed by atoms with van der Waals surface area (Å²) >= 11 is 0. The molecule has 0 radical (unpaired) electrons. The van der Waals surface area contributed by atoms with Gasteiger partial charge in [-0.05, 0) is 37.3 Å². The Labute approximate surface area is 125 Å². The number of carbonyl (C=O) groups excluding carboxylic acids is 1. The van der Waals surface area contributed by atoms with Crippen LogP contribution in [0.15, 0.2) is 54.6 Å². The molecule has 2 aromatic carbocycles. The highest BCUT2D eigenvalue weighted by molar-refractivity contribution is 5.87. The number of hydrogen-bond acceptors (Lipinski definition) is 2. The van der Waals surface area contributed by atoms with E-state index in [0.29, 0.717) is 6.42 Å². The summed E-state index contributed by atoms with van der Waals surface area (Å²) in [4.78, 5) is 12.1. The van der Waals surface area contributed by atoms with E-state index < -0.39 is 0 Å². The number of unbranched alkanes of at least 4 members (excludes halogenated alkanes) is 1. The number of Topliss-reactive ketones (excluding diaryl/α,β-unsaturated/α-hetero) is 1. The van der Waals surface area contributed by atoms with Gasteiger partial charge in [-0.3, -0.25) is 4.79 Å². The number of rotatable bonds is 5. The number of fused-ring (bicyclic) bond motifs is 1. The Balaban J connectivity index is 1.49. The van der Waals surface area contributed by atoms with Crippen LogP contribution in [0.2, 0.25) is 0 Å². The van der Waals surface area contributed by atoms with Gasteiger partial charge in [-0.15, -0.1) is 0 Å². The second-order valence-corrected chi connectivity index (χ2v) is 5.59. The number of aryl methyl sites for hydroxylation is 1. The molecule has 1 heterocycles. The van der Waals surface area contributed by atoms with E-state index in [4.69, 9.17) is 4.74 Å². The van der Waals surface area contributed by atoms with Gasteiger partial charge in [-0.25, -0.2) is 0 Å². The molecular weight excluding hydrogens is 260 g/mol. The van der Waals surface area contributed by atoms with Crippen molar-refractivity contribution in [1.82, 2.24) is 0 Å². The van der Waals surface area contributed by atoms with Gasteiger partial charge in [-0.2, -0.15) is 0 Å². The Bertz CT molecular complexity index is 604. The summed E-state index contributed by atoms with van der Waals surface area (Å²) in [5, 5.41) is 0. The molecule has 2 heteroatoms. The molecule has 2 aromatic rings. The Morgan fingerprint density at radius 2 is 1.71 bits per heavy atom. The smallest absolute Gasteiger partial charge is 0.177 e. The third-order valence-electron chi connectivity index (χ3n) is 3.99. The highest BCUT2D eigenvalue weighted by atomic mass is 16.5. The van der Waals surface area contributed by atoms with E-state index >= 15 is 0 Å². The first-order valence-electron chi connectivity index (χ1n) is 7.64. The van der Waals surface area contributed by atoms with Gasteiger partial charge in [0.2, 0.25) is 0 Å². The van der Waals surface area contributed by atoms with E-state index in [9.17, 15) is 4.79 Å². The molecule has 0 aliphatic carbocycles. The maximum absolute atomic E-state index is 12.1. The van der Waals surface area contributed by atoms with Crippen molar-refractivity contribution < 1.29 is 9.53 Å². The zero-order valence-corrected chi connectivity index (χ0v) is 12.1. The van der Waals surface area contributed by atoms with Crippen LogP contribution in [0.25, 0.3) is 0 Å². The van der Waals surface area contributed by atoms with Crippen molar-refractivity contribution >= 4 is 5.78 Å². The quantitative estimate of drug-likeness (QED) is 0.775. The predicted octanol–water partition coefficient (Wildman–Crippen LogP) is 3.97. The van der Waals surface area contributed by atoms with Crippen LogP contribution in [0.4, 0.5) is 0 Å². The van der Waals surface area contributed by atoms with Gasteiger partial charge in [0.25, 0.3) is 0 Å². The van der Waals surface area contributed by atoms with Gasteiger partial charge in [-0.1, -0.05) is 48.5 Å². The molecule has 2 nitrogen and oxygen atoms in total. The summed E-state index contributed by atoms with van der Waals surface area (Å²) in [5.41, 5.74) is 2.38. The molecular formula is C19H20O2. The summed E-state index contributed by atoms with van der Waals surface area (Å²) < 4.78 is 5.85. The molecule has 0 bridgehead atoms. The fourth-order valence-corrected chi connectivity index (χ4v) is 2.81. The molecule has 0 saturated carbocycles. The summed E-state index contributed by atoms with van der Waals surface area (Å²) in [6.07, 6.45) is 4.26. The van der Waals surface area contributed by atoms with Crippen LogP contribution >= 0.6 is 0 Å². The van der Waals surface area contributed by atoms with Gasteiger partial charge in [0.05, 0.1) is 0 Å². The molecule has 108 valence electrons. The lowest BCUT2D eigenvalue weighted by Crippen LogP contribution is -2.33. The predicted molar refractivity (Wildman–Crippen MR) is 83.6 cm³/mol. The first-order valence-corrected chi connectivity index (χ1v) is 7.64. The maximum atomic E-state index is 12.1. The van der Waals surface area contributed by atoms with Crippen molar-refractivity contribution in [2.45, 2.75) is 38.2 Å². The molecule has 0 fully saturated rings. The van der Waals surface area contributed by atoms with Crippen molar-refractivity contribution in [2.75, 3.05) is 0 Å². The molecule has 0 saturated heterocycles. The Morgan fingerprint density at radius 3 is 2.57 bits per heavy atom. The van der Waals surface area contributed by atoms with Crippen LogP contribution in [0, 0.1) is 0 Å². The Hall–Kier alpha value is -2.09. The highest BCUT2D eigenvalue weighted by Crippen LogP contribution is 2.27. The lowest BCUT2D eigenvalue weighted by atomic mass is 9.97. The molecule has 1 unspecified atom stereocenters. The number of carbonyl (C=O) groups is 1. The summed E-state index contributed by atoms with van der Waals surface area (Å²) in [5.74, 6) is 1.10. The topological polar surface area (TPSA) is 26.3 Å². The van der Waals surface area contributed by atoms with E-state index in [1.54, 1.807) is 0 Å². The van der Waals surface area contributed by atoms with E-state index in [-0.39, 0.29) is 11.9 Å². The van der Waals surface area contributed by atoms with Crippen LogP contribution < -0.4 is 4.74 Å². The molecule has 1 aliphatic rings. The van der Waals surface area contributed by atoms with Crippen LogP contribution in [0.1, 0.15) is 30.4 Å². The van der Waals surface area contributed by atoms with Crippen LogP contribution in [0.3, 0.4) is 0 Å². The summed E-state index contributed by atoms with van der Waals surface area (Å²) in [6, 6.07) is 18.3. The molecule has 0 N–H and O–H groups in total. The fourth-order valence-electron chi connectivity index (χ4n) is 2.81. The zero-order chi connectivity index (χ0) is 14.5. The number of ketones is 1. The molecule has 0 aromatic heterocycles. The number of hydrogen-bond donors (Lipinski definition) is 0. The highest BCUT2D eigenvalue weighted by Gasteiger charge is 2.26. The molecule has 1 atom stereocenters. The first-order chi connectivity index (χ1) is 10.3. The second kappa shape index (κ2) is 6.57. The molecule has 1 aliphatic heterocycles. The molecule has 21 heavy (non-hydrogen) atoms.